The Balaban J connectivity index is 1.43. The average Bonchev–Trinajstić information content (AvgIpc) is 2.84. The highest BCUT2D eigenvalue weighted by molar-refractivity contribution is 6.07. The van der Waals surface area contributed by atoms with E-state index in [0.29, 0.717) is 16.9 Å². The third-order valence-electron chi connectivity index (χ3n) is 4.78. The molecule has 0 aromatic heterocycles. The van der Waals surface area contributed by atoms with Crippen LogP contribution in [0.5, 0.6) is 5.75 Å². The van der Waals surface area contributed by atoms with Crippen LogP contribution in [-0.4, -0.2) is 11.8 Å². The van der Waals surface area contributed by atoms with Gasteiger partial charge in [-0.3, -0.25) is 4.79 Å². The first-order chi connectivity index (χ1) is 15.2. The molecule has 4 aromatic rings. The Hall–Kier alpha value is -4.24. The Morgan fingerprint density at radius 3 is 1.97 bits per heavy atom. The lowest BCUT2D eigenvalue weighted by molar-refractivity contribution is 0.0734. The van der Waals surface area contributed by atoms with E-state index in [0.717, 1.165) is 16.7 Å². The predicted molar refractivity (Wildman–Crippen MR) is 123 cm³/mol. The van der Waals surface area contributed by atoms with Gasteiger partial charge in [0.25, 0.3) is 0 Å². The minimum Gasteiger partial charge on any atom is -0.423 e. The summed E-state index contributed by atoms with van der Waals surface area (Å²) >= 11 is 0. The Labute approximate surface area is 181 Å². The molecule has 4 rings (SSSR count). The summed E-state index contributed by atoms with van der Waals surface area (Å²) < 4.78 is 5.43. The molecule has 150 valence electrons. The van der Waals surface area contributed by atoms with E-state index >= 15 is 0 Å². The van der Waals surface area contributed by atoms with Crippen molar-refractivity contribution < 1.29 is 14.3 Å². The van der Waals surface area contributed by atoms with Crippen LogP contribution in [0.2, 0.25) is 0 Å². The maximum absolute atomic E-state index is 12.5. The van der Waals surface area contributed by atoms with Crippen molar-refractivity contribution in [2.24, 2.45) is 0 Å². The van der Waals surface area contributed by atoms with E-state index in [1.54, 1.807) is 48.5 Å². The zero-order chi connectivity index (χ0) is 21.5. The van der Waals surface area contributed by atoms with Crippen LogP contribution in [0.4, 0.5) is 0 Å². The van der Waals surface area contributed by atoms with Crippen molar-refractivity contribution in [1.82, 2.24) is 0 Å². The van der Waals surface area contributed by atoms with Crippen LogP contribution in [-0.2, 0) is 0 Å². The molecular formula is C28H20O3. The lowest BCUT2D eigenvalue weighted by atomic mass is 10.0. The number of rotatable bonds is 6. The second-order valence-corrected chi connectivity index (χ2v) is 6.97. The molecule has 0 aliphatic carbocycles. The highest BCUT2D eigenvalue weighted by atomic mass is 16.5. The van der Waals surface area contributed by atoms with Gasteiger partial charge < -0.3 is 4.74 Å². The molecule has 0 radical (unpaired) electrons. The van der Waals surface area contributed by atoms with Gasteiger partial charge in [0.05, 0.1) is 5.56 Å². The molecule has 0 unspecified atom stereocenters. The number of carbonyl (C=O) groups is 2. The lowest BCUT2D eigenvalue weighted by Gasteiger charge is -2.05. The molecule has 0 aliphatic heterocycles. The normalized spacial score (nSPS) is 10.7. The standard InChI is InChI=1S/C28H20O3/c29-27(24-17-15-23(16-18-24)22-9-3-1-4-10-22)19-14-21-8-7-13-26(20-21)31-28(30)25-11-5-2-6-12-25/h1-20H. The number of benzene rings is 4. The molecule has 0 saturated heterocycles. The molecule has 0 N–H and O–H groups in total. The molecular weight excluding hydrogens is 384 g/mol. The maximum Gasteiger partial charge on any atom is 0.343 e. The van der Waals surface area contributed by atoms with Crippen molar-refractivity contribution >= 4 is 17.8 Å². The fourth-order valence-corrected chi connectivity index (χ4v) is 3.15. The third kappa shape index (κ3) is 5.22. The summed E-state index contributed by atoms with van der Waals surface area (Å²) in [5, 5.41) is 0. The van der Waals surface area contributed by atoms with E-state index in [4.69, 9.17) is 4.74 Å². The van der Waals surface area contributed by atoms with Crippen LogP contribution in [0, 0.1) is 0 Å². The highest BCUT2D eigenvalue weighted by Gasteiger charge is 2.08. The van der Waals surface area contributed by atoms with Gasteiger partial charge in [0.2, 0.25) is 0 Å². The van der Waals surface area contributed by atoms with Gasteiger partial charge in [-0.1, -0.05) is 91.0 Å². The second kappa shape index (κ2) is 9.51. The largest absolute Gasteiger partial charge is 0.423 e. The molecule has 0 saturated carbocycles. The quantitative estimate of drug-likeness (QED) is 0.160. The first kappa shape index (κ1) is 20.0. The second-order valence-electron chi connectivity index (χ2n) is 6.97. The Morgan fingerprint density at radius 2 is 1.26 bits per heavy atom. The van der Waals surface area contributed by atoms with E-state index < -0.39 is 5.97 Å². The smallest absolute Gasteiger partial charge is 0.343 e. The molecule has 0 aliphatic rings. The maximum atomic E-state index is 12.5. The molecule has 0 atom stereocenters. The molecule has 0 fully saturated rings. The SMILES string of the molecule is O=C(C=Cc1cccc(OC(=O)c2ccccc2)c1)c1ccc(-c2ccccc2)cc1. The van der Waals surface area contributed by atoms with Crippen molar-refractivity contribution in [3.8, 4) is 16.9 Å². The van der Waals surface area contributed by atoms with Crippen LogP contribution in [0.15, 0.2) is 115 Å². The molecule has 3 nitrogen and oxygen atoms in total. The Kier molecular flexibility index (Phi) is 6.15. The molecule has 0 spiro atoms. The van der Waals surface area contributed by atoms with Crippen LogP contribution in [0.1, 0.15) is 26.3 Å². The third-order valence-corrected chi connectivity index (χ3v) is 4.78. The fraction of sp³-hybridized carbons (Fsp3) is 0. The van der Waals surface area contributed by atoms with Crippen LogP contribution >= 0.6 is 0 Å². The van der Waals surface area contributed by atoms with E-state index in [1.165, 1.54) is 6.08 Å². The van der Waals surface area contributed by atoms with Gasteiger partial charge in [-0.05, 0) is 47.0 Å². The molecule has 0 heterocycles. The van der Waals surface area contributed by atoms with Crippen molar-refractivity contribution in [3.05, 3.63) is 132 Å². The van der Waals surface area contributed by atoms with Crippen LogP contribution < -0.4 is 4.74 Å². The molecule has 31 heavy (non-hydrogen) atoms. The molecule has 4 aromatic carbocycles. The van der Waals surface area contributed by atoms with Crippen LogP contribution in [0.3, 0.4) is 0 Å². The summed E-state index contributed by atoms with van der Waals surface area (Å²) in [5.74, 6) is -0.0849. The van der Waals surface area contributed by atoms with Crippen molar-refractivity contribution in [3.63, 3.8) is 0 Å². The number of carbonyl (C=O) groups excluding carboxylic acids is 2. The topological polar surface area (TPSA) is 43.4 Å². The number of hydrogen-bond acceptors (Lipinski definition) is 3. The number of hydrogen-bond donors (Lipinski definition) is 0. The van der Waals surface area contributed by atoms with E-state index in [9.17, 15) is 9.59 Å². The first-order valence-electron chi connectivity index (χ1n) is 9.94. The summed E-state index contributed by atoms with van der Waals surface area (Å²) in [6.45, 7) is 0. The summed E-state index contributed by atoms with van der Waals surface area (Å²) in [6, 6.07) is 33.5. The van der Waals surface area contributed by atoms with E-state index in [2.05, 4.69) is 0 Å². The van der Waals surface area contributed by atoms with Gasteiger partial charge in [-0.25, -0.2) is 4.79 Å². The van der Waals surface area contributed by atoms with Gasteiger partial charge in [-0.2, -0.15) is 0 Å². The van der Waals surface area contributed by atoms with Crippen LogP contribution in [0.25, 0.3) is 17.2 Å². The predicted octanol–water partition coefficient (Wildman–Crippen LogP) is 6.47. The fourth-order valence-electron chi connectivity index (χ4n) is 3.15. The summed E-state index contributed by atoms with van der Waals surface area (Å²) in [4.78, 5) is 24.8. The van der Waals surface area contributed by atoms with Crippen molar-refractivity contribution in [2.75, 3.05) is 0 Å². The molecule has 0 amide bonds. The van der Waals surface area contributed by atoms with Gasteiger partial charge in [0, 0.05) is 5.56 Å². The zero-order valence-electron chi connectivity index (χ0n) is 16.8. The minimum absolute atomic E-state index is 0.0914. The van der Waals surface area contributed by atoms with E-state index in [1.807, 2.05) is 66.7 Å². The Bertz CT molecular complexity index is 1210. The van der Waals surface area contributed by atoms with Gasteiger partial charge >= 0.3 is 5.97 Å². The van der Waals surface area contributed by atoms with Gasteiger partial charge in [0.1, 0.15) is 5.75 Å². The number of ether oxygens (including phenoxy) is 1. The minimum atomic E-state index is -0.420. The van der Waals surface area contributed by atoms with Crippen molar-refractivity contribution in [2.45, 2.75) is 0 Å². The highest BCUT2D eigenvalue weighted by Crippen LogP contribution is 2.20. The lowest BCUT2D eigenvalue weighted by Crippen LogP contribution is -2.08. The first-order valence-corrected chi connectivity index (χ1v) is 9.94. The van der Waals surface area contributed by atoms with Gasteiger partial charge in [-0.15, -0.1) is 0 Å². The number of allylic oxidation sites excluding steroid dienone is 1. The molecule has 0 bridgehead atoms. The number of esters is 1. The summed E-state index contributed by atoms with van der Waals surface area (Å²) in [6.07, 6.45) is 3.24. The Morgan fingerprint density at radius 1 is 0.613 bits per heavy atom. The number of ketones is 1. The average molecular weight is 404 g/mol. The zero-order valence-corrected chi connectivity index (χ0v) is 16.8. The van der Waals surface area contributed by atoms with Crippen molar-refractivity contribution in [1.29, 1.82) is 0 Å². The summed E-state index contributed by atoms with van der Waals surface area (Å²) in [7, 11) is 0. The summed E-state index contributed by atoms with van der Waals surface area (Å²) in [5.41, 5.74) is 4.04. The molecule has 3 heteroatoms. The van der Waals surface area contributed by atoms with E-state index in [-0.39, 0.29) is 5.78 Å². The van der Waals surface area contributed by atoms with Gasteiger partial charge in [0.15, 0.2) is 5.78 Å². The monoisotopic (exact) mass is 404 g/mol.